The van der Waals surface area contributed by atoms with Crippen molar-refractivity contribution in [3.05, 3.63) is 140 Å². The Morgan fingerprint density at radius 3 is 1.82 bits per heavy atom. The molecule has 0 radical (unpaired) electrons. The molecule has 0 saturated carbocycles. The predicted octanol–water partition coefficient (Wildman–Crippen LogP) is 9.56. The Morgan fingerprint density at radius 2 is 1.02 bits per heavy atom. The molecular formula is C37H23N3. The van der Waals surface area contributed by atoms with Crippen molar-refractivity contribution in [1.82, 2.24) is 14.0 Å². The number of fused-ring (bicyclic) bond motifs is 11. The van der Waals surface area contributed by atoms with Gasteiger partial charge in [-0.1, -0.05) is 91.0 Å². The predicted molar refractivity (Wildman–Crippen MR) is 167 cm³/mol. The molecule has 186 valence electrons. The number of hydrogen-bond acceptors (Lipinski definition) is 1. The molecule has 0 spiro atoms. The topological polar surface area (TPSA) is 22.2 Å². The summed E-state index contributed by atoms with van der Waals surface area (Å²) in [6, 6.07) is 48.0. The molecule has 0 fully saturated rings. The summed E-state index contributed by atoms with van der Waals surface area (Å²) in [4.78, 5) is 4.87. The van der Waals surface area contributed by atoms with Gasteiger partial charge in [0.25, 0.3) is 0 Å². The summed E-state index contributed by atoms with van der Waals surface area (Å²) in [6.07, 6.45) is 1.92. The number of hydrogen-bond donors (Lipinski definition) is 0. The number of aromatic nitrogens is 3. The quantitative estimate of drug-likeness (QED) is 0.213. The Labute approximate surface area is 230 Å². The van der Waals surface area contributed by atoms with E-state index in [1.54, 1.807) is 0 Å². The van der Waals surface area contributed by atoms with Gasteiger partial charge in [0.1, 0.15) is 5.82 Å². The monoisotopic (exact) mass is 509 g/mol. The molecule has 0 aliphatic rings. The fourth-order valence-corrected chi connectivity index (χ4v) is 6.56. The first kappa shape index (κ1) is 21.5. The highest BCUT2D eigenvalue weighted by Crippen LogP contribution is 2.39. The largest absolute Gasteiger partial charge is 0.309 e. The smallest absolute Gasteiger partial charge is 0.138 e. The van der Waals surface area contributed by atoms with Gasteiger partial charge < -0.3 is 4.40 Å². The molecule has 4 heterocycles. The number of nitrogens with zero attached hydrogens (tertiary/aromatic N) is 3. The average Bonchev–Trinajstić information content (AvgIpc) is 3.56. The SMILES string of the molecule is c1ccc(-c2ccnc(-n3c4ccccc4c4cc5c(cc43)cc3c4ccccc4c4ccccc4n53)c2)cc1. The molecule has 5 aromatic carbocycles. The standard InChI is InChI=1S/C37H23N3/c1-2-10-24(11-3-1)25-18-19-38-37(22-25)40-33-17-9-7-15-30(33)31-23-34-26(21-36(31)40)20-35-29-14-5-4-12-27(29)28-13-6-8-16-32(28)39(34)35/h1-23H. The zero-order valence-corrected chi connectivity index (χ0v) is 21.6. The highest BCUT2D eigenvalue weighted by atomic mass is 15.1. The summed E-state index contributed by atoms with van der Waals surface area (Å²) in [5.41, 5.74) is 8.35. The fraction of sp³-hybridized carbons (Fsp3) is 0. The van der Waals surface area contributed by atoms with Gasteiger partial charge in [0, 0.05) is 33.1 Å². The first-order chi connectivity index (χ1) is 19.8. The van der Waals surface area contributed by atoms with Crippen LogP contribution >= 0.6 is 0 Å². The Morgan fingerprint density at radius 1 is 0.400 bits per heavy atom. The van der Waals surface area contributed by atoms with Gasteiger partial charge >= 0.3 is 0 Å². The molecule has 0 N–H and O–H groups in total. The number of rotatable bonds is 2. The van der Waals surface area contributed by atoms with Crippen LogP contribution in [0.1, 0.15) is 0 Å². The minimum absolute atomic E-state index is 0.923. The van der Waals surface area contributed by atoms with Crippen LogP contribution in [-0.4, -0.2) is 14.0 Å². The highest BCUT2D eigenvalue weighted by molar-refractivity contribution is 6.18. The normalized spacial score (nSPS) is 12.0. The number of pyridine rings is 2. The highest BCUT2D eigenvalue weighted by Gasteiger charge is 2.18. The van der Waals surface area contributed by atoms with Crippen LogP contribution in [0, 0.1) is 0 Å². The van der Waals surface area contributed by atoms with Gasteiger partial charge in [-0.25, -0.2) is 4.98 Å². The number of benzene rings is 5. The van der Waals surface area contributed by atoms with Gasteiger partial charge in [-0.05, 0) is 59.0 Å². The molecule has 0 bridgehead atoms. The molecule has 3 heteroatoms. The van der Waals surface area contributed by atoms with E-state index in [2.05, 4.69) is 142 Å². The van der Waals surface area contributed by atoms with Gasteiger partial charge in [-0.3, -0.25) is 4.57 Å². The lowest BCUT2D eigenvalue weighted by atomic mass is 10.1. The van der Waals surface area contributed by atoms with E-state index in [1.807, 2.05) is 6.20 Å². The maximum Gasteiger partial charge on any atom is 0.138 e. The fourth-order valence-electron chi connectivity index (χ4n) is 6.56. The molecule has 0 amide bonds. The lowest BCUT2D eigenvalue weighted by Gasteiger charge is -2.10. The first-order valence-electron chi connectivity index (χ1n) is 13.6. The van der Waals surface area contributed by atoms with Gasteiger partial charge in [-0.15, -0.1) is 0 Å². The van der Waals surface area contributed by atoms with E-state index < -0.39 is 0 Å². The molecule has 9 rings (SSSR count). The van der Waals surface area contributed by atoms with Gasteiger partial charge in [0.15, 0.2) is 0 Å². The second-order valence-electron chi connectivity index (χ2n) is 10.5. The zero-order chi connectivity index (χ0) is 26.2. The van der Waals surface area contributed by atoms with E-state index in [0.717, 1.165) is 22.4 Å². The van der Waals surface area contributed by atoms with Crippen LogP contribution in [0.25, 0.3) is 76.8 Å². The van der Waals surface area contributed by atoms with Crippen LogP contribution in [-0.2, 0) is 0 Å². The molecular weight excluding hydrogens is 486 g/mol. The van der Waals surface area contributed by atoms with E-state index in [0.29, 0.717) is 0 Å². The molecule has 9 aromatic rings. The van der Waals surface area contributed by atoms with Crippen LogP contribution in [0.4, 0.5) is 0 Å². The Bertz CT molecular complexity index is 2430. The summed E-state index contributed by atoms with van der Waals surface area (Å²) >= 11 is 0. The summed E-state index contributed by atoms with van der Waals surface area (Å²) in [5.74, 6) is 0.923. The third-order valence-corrected chi connectivity index (χ3v) is 8.31. The Hall–Kier alpha value is -5.41. The van der Waals surface area contributed by atoms with Crippen molar-refractivity contribution in [1.29, 1.82) is 0 Å². The summed E-state index contributed by atoms with van der Waals surface area (Å²) < 4.78 is 4.75. The second kappa shape index (κ2) is 8.05. The van der Waals surface area contributed by atoms with E-state index >= 15 is 0 Å². The second-order valence-corrected chi connectivity index (χ2v) is 10.5. The Kier molecular flexibility index (Phi) is 4.33. The zero-order valence-electron chi connectivity index (χ0n) is 21.6. The molecule has 0 saturated heterocycles. The van der Waals surface area contributed by atoms with E-state index in [9.17, 15) is 0 Å². The van der Waals surface area contributed by atoms with Crippen molar-refractivity contribution < 1.29 is 0 Å². The van der Waals surface area contributed by atoms with Crippen molar-refractivity contribution in [3.8, 4) is 16.9 Å². The van der Waals surface area contributed by atoms with Crippen LogP contribution in [0.5, 0.6) is 0 Å². The van der Waals surface area contributed by atoms with Crippen molar-refractivity contribution in [3.63, 3.8) is 0 Å². The van der Waals surface area contributed by atoms with Crippen molar-refractivity contribution >= 4 is 59.9 Å². The molecule has 0 atom stereocenters. The lowest BCUT2D eigenvalue weighted by molar-refractivity contribution is 1.08. The van der Waals surface area contributed by atoms with Gasteiger partial charge in [-0.2, -0.15) is 0 Å². The lowest BCUT2D eigenvalue weighted by Crippen LogP contribution is -1.97. The minimum atomic E-state index is 0.923. The van der Waals surface area contributed by atoms with Gasteiger partial charge in [0.2, 0.25) is 0 Å². The summed E-state index contributed by atoms with van der Waals surface area (Å²) in [5, 5.41) is 7.50. The van der Waals surface area contributed by atoms with Crippen molar-refractivity contribution in [2.45, 2.75) is 0 Å². The van der Waals surface area contributed by atoms with Gasteiger partial charge in [0.05, 0.1) is 27.6 Å². The first-order valence-corrected chi connectivity index (χ1v) is 13.6. The van der Waals surface area contributed by atoms with E-state index in [4.69, 9.17) is 4.98 Å². The van der Waals surface area contributed by atoms with Crippen molar-refractivity contribution in [2.24, 2.45) is 0 Å². The molecule has 0 aliphatic heterocycles. The van der Waals surface area contributed by atoms with E-state index in [1.165, 1.54) is 54.4 Å². The molecule has 0 aliphatic carbocycles. The van der Waals surface area contributed by atoms with Crippen LogP contribution in [0.15, 0.2) is 140 Å². The maximum atomic E-state index is 4.87. The summed E-state index contributed by atoms with van der Waals surface area (Å²) in [7, 11) is 0. The van der Waals surface area contributed by atoms with Crippen LogP contribution in [0.2, 0.25) is 0 Å². The average molecular weight is 510 g/mol. The number of para-hydroxylation sites is 2. The molecule has 40 heavy (non-hydrogen) atoms. The molecule has 4 aromatic heterocycles. The Balaban J connectivity index is 1.42. The third-order valence-electron chi connectivity index (χ3n) is 8.31. The van der Waals surface area contributed by atoms with Crippen LogP contribution in [0.3, 0.4) is 0 Å². The summed E-state index contributed by atoms with van der Waals surface area (Å²) in [6.45, 7) is 0. The minimum Gasteiger partial charge on any atom is -0.309 e. The van der Waals surface area contributed by atoms with Crippen molar-refractivity contribution in [2.75, 3.05) is 0 Å². The van der Waals surface area contributed by atoms with Crippen LogP contribution < -0.4 is 0 Å². The third kappa shape index (κ3) is 2.92. The molecule has 0 unspecified atom stereocenters. The maximum absolute atomic E-state index is 4.87. The molecule has 3 nitrogen and oxygen atoms in total. The van der Waals surface area contributed by atoms with E-state index in [-0.39, 0.29) is 0 Å².